The highest BCUT2D eigenvalue weighted by Gasteiger charge is 2.31. The van der Waals surface area contributed by atoms with Crippen LogP contribution in [-0.2, 0) is 4.79 Å². The molecule has 6 nitrogen and oxygen atoms in total. The van der Waals surface area contributed by atoms with E-state index in [1.54, 1.807) is 12.1 Å². The molecule has 2 rings (SSSR count). The van der Waals surface area contributed by atoms with Gasteiger partial charge in [0.1, 0.15) is 11.7 Å². The van der Waals surface area contributed by atoms with Gasteiger partial charge >= 0.3 is 5.97 Å². The van der Waals surface area contributed by atoms with Gasteiger partial charge in [-0.3, -0.25) is 10.1 Å². The van der Waals surface area contributed by atoms with E-state index in [9.17, 15) is 20.0 Å². The number of hydrogen-bond donors (Lipinski definition) is 2. The molecular weight excluding hydrogens is 340 g/mol. The van der Waals surface area contributed by atoms with Crippen LogP contribution in [0.2, 0.25) is 0 Å². The zero-order valence-corrected chi connectivity index (χ0v) is 13.0. The SMILES string of the molecule is O=C(O)C(Nc1cc(Br)ccc1[N+](=O)[O-])C1CCCCC1. The quantitative estimate of drug-likeness (QED) is 0.618. The van der Waals surface area contributed by atoms with Crippen LogP contribution in [0.15, 0.2) is 22.7 Å². The average Bonchev–Trinajstić information content (AvgIpc) is 2.45. The van der Waals surface area contributed by atoms with E-state index >= 15 is 0 Å². The summed E-state index contributed by atoms with van der Waals surface area (Å²) < 4.78 is 0.670. The van der Waals surface area contributed by atoms with E-state index < -0.39 is 16.9 Å². The summed E-state index contributed by atoms with van der Waals surface area (Å²) in [7, 11) is 0. The standard InChI is InChI=1S/C14H17BrN2O4/c15-10-6-7-12(17(20)21)11(8-10)16-13(14(18)19)9-4-2-1-3-5-9/h6-9,13,16H,1-5H2,(H,18,19). The first kappa shape index (κ1) is 15.8. The molecule has 0 radical (unpaired) electrons. The number of aliphatic carboxylic acids is 1. The topological polar surface area (TPSA) is 92.5 Å². The predicted molar refractivity (Wildman–Crippen MR) is 82.4 cm³/mol. The molecule has 1 saturated carbocycles. The second-order valence-electron chi connectivity index (χ2n) is 5.28. The van der Waals surface area contributed by atoms with Crippen molar-refractivity contribution >= 4 is 33.3 Å². The summed E-state index contributed by atoms with van der Waals surface area (Å²) in [6.07, 6.45) is 4.82. The lowest BCUT2D eigenvalue weighted by Crippen LogP contribution is -2.38. The fourth-order valence-corrected chi connectivity index (χ4v) is 3.16. The Kier molecular flexibility index (Phi) is 5.17. The normalized spacial score (nSPS) is 17.2. The Morgan fingerprint density at radius 1 is 1.38 bits per heavy atom. The summed E-state index contributed by atoms with van der Waals surface area (Å²) >= 11 is 3.26. The minimum absolute atomic E-state index is 0.00911. The van der Waals surface area contributed by atoms with Gasteiger partial charge < -0.3 is 10.4 Å². The molecule has 1 aliphatic carbocycles. The molecule has 7 heteroatoms. The Labute approximate surface area is 130 Å². The lowest BCUT2D eigenvalue weighted by Gasteiger charge is -2.28. The van der Waals surface area contributed by atoms with Gasteiger partial charge in [-0.1, -0.05) is 35.2 Å². The summed E-state index contributed by atoms with van der Waals surface area (Å²) in [5, 5.41) is 23.4. The zero-order valence-electron chi connectivity index (χ0n) is 11.4. The molecule has 1 atom stereocenters. The molecule has 0 amide bonds. The summed E-state index contributed by atoms with van der Waals surface area (Å²) in [6.45, 7) is 0. The van der Waals surface area contributed by atoms with Gasteiger partial charge in [-0.15, -0.1) is 0 Å². The largest absolute Gasteiger partial charge is 0.480 e. The number of nitro groups is 1. The van der Waals surface area contributed by atoms with Crippen molar-refractivity contribution < 1.29 is 14.8 Å². The molecule has 1 fully saturated rings. The van der Waals surface area contributed by atoms with Gasteiger partial charge in [-0.2, -0.15) is 0 Å². The number of rotatable bonds is 5. The van der Waals surface area contributed by atoms with Gasteiger partial charge in [-0.25, -0.2) is 4.79 Å². The van der Waals surface area contributed by atoms with Crippen LogP contribution in [-0.4, -0.2) is 22.0 Å². The van der Waals surface area contributed by atoms with Crippen molar-refractivity contribution in [2.75, 3.05) is 5.32 Å². The van der Waals surface area contributed by atoms with Gasteiger partial charge in [0.05, 0.1) is 4.92 Å². The molecule has 1 unspecified atom stereocenters. The van der Waals surface area contributed by atoms with Crippen LogP contribution in [0.1, 0.15) is 32.1 Å². The molecule has 1 aliphatic rings. The van der Waals surface area contributed by atoms with Gasteiger partial charge in [0.15, 0.2) is 0 Å². The molecule has 1 aromatic rings. The van der Waals surface area contributed by atoms with E-state index in [0.717, 1.165) is 32.1 Å². The van der Waals surface area contributed by atoms with Crippen LogP contribution < -0.4 is 5.32 Å². The van der Waals surface area contributed by atoms with Crippen LogP contribution in [0.5, 0.6) is 0 Å². The molecule has 0 bridgehead atoms. The van der Waals surface area contributed by atoms with E-state index in [-0.39, 0.29) is 17.3 Å². The van der Waals surface area contributed by atoms with Crippen LogP contribution in [0.4, 0.5) is 11.4 Å². The van der Waals surface area contributed by atoms with Crippen molar-refractivity contribution in [1.82, 2.24) is 0 Å². The summed E-state index contributed by atoms with van der Waals surface area (Å²) in [6, 6.07) is 3.70. The highest BCUT2D eigenvalue weighted by molar-refractivity contribution is 9.10. The lowest BCUT2D eigenvalue weighted by molar-refractivity contribution is -0.384. The van der Waals surface area contributed by atoms with Crippen molar-refractivity contribution in [2.24, 2.45) is 5.92 Å². The first-order valence-corrected chi connectivity index (χ1v) is 7.71. The van der Waals surface area contributed by atoms with Crippen LogP contribution in [0, 0.1) is 16.0 Å². The monoisotopic (exact) mass is 356 g/mol. The Hall–Kier alpha value is -1.63. The minimum atomic E-state index is -0.962. The van der Waals surface area contributed by atoms with E-state index in [1.165, 1.54) is 6.07 Å². The molecule has 0 spiro atoms. The summed E-state index contributed by atoms with van der Waals surface area (Å²) in [5.41, 5.74) is 0.132. The van der Waals surface area contributed by atoms with Crippen molar-refractivity contribution in [3.8, 4) is 0 Å². The van der Waals surface area contributed by atoms with E-state index in [4.69, 9.17) is 0 Å². The molecular formula is C14H17BrN2O4. The number of nitrogens with zero attached hydrogens (tertiary/aromatic N) is 1. The second kappa shape index (κ2) is 6.89. The zero-order chi connectivity index (χ0) is 15.4. The lowest BCUT2D eigenvalue weighted by atomic mass is 9.84. The third kappa shape index (κ3) is 3.93. The molecule has 0 aromatic heterocycles. The number of carbonyl (C=O) groups is 1. The number of halogens is 1. The molecule has 0 saturated heterocycles. The van der Waals surface area contributed by atoms with E-state index in [0.29, 0.717) is 4.47 Å². The average molecular weight is 357 g/mol. The van der Waals surface area contributed by atoms with Crippen LogP contribution >= 0.6 is 15.9 Å². The van der Waals surface area contributed by atoms with Gasteiger partial charge in [-0.05, 0) is 30.9 Å². The highest BCUT2D eigenvalue weighted by atomic mass is 79.9. The first-order chi connectivity index (χ1) is 9.99. The summed E-state index contributed by atoms with van der Waals surface area (Å²) in [5.74, 6) is -0.953. The van der Waals surface area contributed by atoms with Crippen molar-refractivity contribution in [2.45, 2.75) is 38.1 Å². The summed E-state index contributed by atoms with van der Waals surface area (Å²) in [4.78, 5) is 22.1. The predicted octanol–water partition coefficient (Wildman–Crippen LogP) is 3.80. The van der Waals surface area contributed by atoms with Gasteiger partial charge in [0.25, 0.3) is 5.69 Å². The molecule has 0 aliphatic heterocycles. The highest BCUT2D eigenvalue weighted by Crippen LogP contribution is 2.32. The molecule has 1 aromatic carbocycles. The van der Waals surface area contributed by atoms with Crippen molar-refractivity contribution in [1.29, 1.82) is 0 Å². The smallest absolute Gasteiger partial charge is 0.326 e. The van der Waals surface area contributed by atoms with E-state index in [2.05, 4.69) is 21.2 Å². The number of anilines is 1. The van der Waals surface area contributed by atoms with Gasteiger partial charge in [0.2, 0.25) is 0 Å². The van der Waals surface area contributed by atoms with Crippen LogP contribution in [0.3, 0.4) is 0 Å². The first-order valence-electron chi connectivity index (χ1n) is 6.92. The fraction of sp³-hybridized carbons (Fsp3) is 0.500. The number of carboxylic acids is 1. The molecule has 114 valence electrons. The maximum atomic E-state index is 11.5. The maximum Gasteiger partial charge on any atom is 0.326 e. The Balaban J connectivity index is 2.26. The number of hydrogen-bond acceptors (Lipinski definition) is 4. The Morgan fingerprint density at radius 3 is 2.62 bits per heavy atom. The molecule has 21 heavy (non-hydrogen) atoms. The molecule has 0 heterocycles. The van der Waals surface area contributed by atoms with Gasteiger partial charge in [0, 0.05) is 10.5 Å². The fourth-order valence-electron chi connectivity index (χ4n) is 2.80. The number of nitrogens with one attached hydrogen (secondary N) is 1. The van der Waals surface area contributed by atoms with Crippen molar-refractivity contribution in [3.63, 3.8) is 0 Å². The third-order valence-electron chi connectivity index (χ3n) is 3.85. The molecule has 2 N–H and O–H groups in total. The minimum Gasteiger partial charge on any atom is -0.480 e. The number of carboxylic acid groups (broad SMARTS) is 1. The van der Waals surface area contributed by atoms with Crippen LogP contribution in [0.25, 0.3) is 0 Å². The third-order valence-corrected chi connectivity index (χ3v) is 4.35. The maximum absolute atomic E-state index is 11.5. The number of nitro benzene ring substituents is 1. The Morgan fingerprint density at radius 2 is 2.05 bits per heavy atom. The number of benzene rings is 1. The van der Waals surface area contributed by atoms with Crippen molar-refractivity contribution in [3.05, 3.63) is 32.8 Å². The van der Waals surface area contributed by atoms with E-state index in [1.807, 2.05) is 0 Å². The Bertz CT molecular complexity index is 544. The second-order valence-corrected chi connectivity index (χ2v) is 6.19.